The van der Waals surface area contributed by atoms with E-state index in [4.69, 9.17) is 46.4 Å². The predicted molar refractivity (Wildman–Crippen MR) is 146 cm³/mol. The summed E-state index contributed by atoms with van der Waals surface area (Å²) in [6.07, 6.45) is 0.910. The highest BCUT2D eigenvalue weighted by Crippen LogP contribution is 2.35. The summed E-state index contributed by atoms with van der Waals surface area (Å²) in [5, 5.41) is 3.07. The Hall–Kier alpha value is -2.21. The van der Waals surface area contributed by atoms with Crippen LogP contribution in [0, 0.1) is 6.92 Å². The third-order valence-corrected chi connectivity index (χ3v) is 8.61. The van der Waals surface area contributed by atoms with E-state index in [1.807, 2.05) is 0 Å². The van der Waals surface area contributed by atoms with Gasteiger partial charge in [0, 0.05) is 10.7 Å². The fourth-order valence-electron chi connectivity index (χ4n) is 3.04. The molecule has 0 aliphatic carbocycles. The highest BCUT2D eigenvalue weighted by Gasteiger charge is 2.24. The summed E-state index contributed by atoms with van der Waals surface area (Å²) < 4.78 is 53.4. The van der Waals surface area contributed by atoms with Crippen LogP contribution in [0.25, 0.3) is 0 Å². The van der Waals surface area contributed by atoms with Gasteiger partial charge in [0.1, 0.15) is 6.54 Å². The third kappa shape index (κ3) is 6.96. The highest BCUT2D eigenvalue weighted by molar-refractivity contribution is 7.92. The lowest BCUT2D eigenvalue weighted by molar-refractivity contribution is -0.114. The Labute approximate surface area is 229 Å². The largest absolute Gasteiger partial charge is 0.325 e. The first-order valence-electron chi connectivity index (χ1n) is 9.98. The van der Waals surface area contributed by atoms with Crippen LogP contribution in [0.3, 0.4) is 0 Å². The number of nitrogens with one attached hydrogen (secondary N) is 2. The number of halogens is 4. The van der Waals surface area contributed by atoms with Crippen LogP contribution in [0.1, 0.15) is 5.56 Å². The van der Waals surface area contributed by atoms with Gasteiger partial charge in [0.25, 0.3) is 10.0 Å². The summed E-state index contributed by atoms with van der Waals surface area (Å²) in [4.78, 5) is 12.6. The summed E-state index contributed by atoms with van der Waals surface area (Å²) >= 11 is 24.0. The molecule has 0 spiro atoms. The third-order valence-electron chi connectivity index (χ3n) is 4.84. The van der Waals surface area contributed by atoms with E-state index in [2.05, 4.69) is 10.0 Å². The van der Waals surface area contributed by atoms with Crippen molar-refractivity contribution < 1.29 is 21.6 Å². The van der Waals surface area contributed by atoms with Crippen molar-refractivity contribution in [3.8, 4) is 0 Å². The molecule has 0 aromatic heterocycles. The molecule has 0 atom stereocenters. The molecular weight excluding hydrogens is 592 g/mol. The molecule has 0 bridgehead atoms. The number of amides is 1. The Kier molecular flexibility index (Phi) is 8.70. The molecule has 36 heavy (non-hydrogen) atoms. The van der Waals surface area contributed by atoms with E-state index in [0.29, 0.717) is 16.3 Å². The molecule has 8 nitrogen and oxygen atoms in total. The first-order chi connectivity index (χ1) is 16.7. The van der Waals surface area contributed by atoms with Gasteiger partial charge in [-0.05, 0) is 61.0 Å². The topological polar surface area (TPSA) is 113 Å². The van der Waals surface area contributed by atoms with Crippen LogP contribution >= 0.6 is 46.4 Å². The van der Waals surface area contributed by atoms with E-state index in [0.717, 1.165) is 10.6 Å². The molecule has 0 radical (unpaired) electrons. The van der Waals surface area contributed by atoms with Gasteiger partial charge in [0.05, 0.1) is 37.6 Å². The van der Waals surface area contributed by atoms with Crippen LogP contribution in [0.5, 0.6) is 0 Å². The number of aryl methyl sites for hydroxylation is 1. The van der Waals surface area contributed by atoms with E-state index in [1.54, 1.807) is 19.1 Å². The molecule has 3 aromatic rings. The molecule has 0 unspecified atom stereocenters. The minimum atomic E-state index is -3.93. The number of anilines is 3. The van der Waals surface area contributed by atoms with Crippen LogP contribution in [-0.2, 0) is 24.8 Å². The van der Waals surface area contributed by atoms with Crippen molar-refractivity contribution >= 4 is 89.4 Å². The maximum absolute atomic E-state index is 12.7. The van der Waals surface area contributed by atoms with Crippen molar-refractivity contribution in [2.24, 2.45) is 0 Å². The summed E-state index contributed by atoms with van der Waals surface area (Å²) in [5.41, 5.74) is 1.24. The first kappa shape index (κ1) is 28.4. The van der Waals surface area contributed by atoms with E-state index in [1.165, 1.54) is 42.5 Å². The molecule has 0 aliphatic rings. The number of sulfonamides is 2. The van der Waals surface area contributed by atoms with Gasteiger partial charge in [-0.15, -0.1) is 0 Å². The minimum Gasteiger partial charge on any atom is -0.325 e. The molecule has 0 fully saturated rings. The van der Waals surface area contributed by atoms with Gasteiger partial charge in [-0.25, -0.2) is 16.8 Å². The number of carbonyl (C=O) groups excluding carboxylic acids is 1. The van der Waals surface area contributed by atoms with Crippen molar-refractivity contribution in [2.45, 2.75) is 11.8 Å². The molecule has 0 heterocycles. The number of nitrogens with zero attached hydrogens (tertiary/aromatic N) is 1. The average Bonchev–Trinajstić information content (AvgIpc) is 2.77. The summed E-state index contributed by atoms with van der Waals surface area (Å²) in [7, 11) is -7.86. The molecule has 3 aromatic carbocycles. The van der Waals surface area contributed by atoms with E-state index >= 15 is 0 Å². The number of rotatable bonds is 8. The minimum absolute atomic E-state index is 0.0142. The maximum Gasteiger partial charge on any atom is 0.261 e. The van der Waals surface area contributed by atoms with E-state index in [-0.39, 0.29) is 31.3 Å². The van der Waals surface area contributed by atoms with Crippen molar-refractivity contribution in [1.29, 1.82) is 0 Å². The fraction of sp³-hybridized carbons (Fsp3) is 0.136. The van der Waals surface area contributed by atoms with Crippen molar-refractivity contribution in [1.82, 2.24) is 0 Å². The van der Waals surface area contributed by atoms with Crippen LogP contribution < -0.4 is 14.3 Å². The molecule has 2 N–H and O–H groups in total. The SMILES string of the molecule is Cc1ccc(Cl)cc1NS(=O)(=O)c1ccc(NC(=O)CN(c2cc(Cl)c(Cl)cc2Cl)S(C)(=O)=O)cc1. The Morgan fingerprint density at radius 1 is 0.861 bits per heavy atom. The highest BCUT2D eigenvalue weighted by atomic mass is 35.5. The van der Waals surface area contributed by atoms with Gasteiger partial charge in [-0.3, -0.25) is 13.8 Å². The zero-order valence-corrected chi connectivity index (χ0v) is 23.4. The number of benzene rings is 3. The van der Waals surface area contributed by atoms with Crippen LogP contribution in [0.15, 0.2) is 59.5 Å². The molecule has 1 amide bonds. The number of hydrogen-bond donors (Lipinski definition) is 2. The molecule has 192 valence electrons. The average molecular weight is 611 g/mol. The van der Waals surface area contributed by atoms with Gasteiger partial charge in [-0.2, -0.15) is 0 Å². The molecule has 14 heteroatoms. The van der Waals surface area contributed by atoms with Gasteiger partial charge in [0.15, 0.2) is 0 Å². The van der Waals surface area contributed by atoms with Gasteiger partial charge >= 0.3 is 0 Å². The monoisotopic (exact) mass is 609 g/mol. The Balaban J connectivity index is 1.77. The zero-order valence-electron chi connectivity index (χ0n) is 18.7. The Morgan fingerprint density at radius 3 is 2.08 bits per heavy atom. The summed E-state index contributed by atoms with van der Waals surface area (Å²) in [6.45, 7) is 1.12. The maximum atomic E-state index is 12.7. The van der Waals surface area contributed by atoms with Gasteiger partial charge in [0.2, 0.25) is 15.9 Å². The standard InChI is InChI=1S/C22H19Cl4N3O5S2/c1-13-3-4-14(23)9-20(13)28-36(33,34)16-7-5-15(6-8-16)27-22(30)12-29(35(2,31)32)21-11-18(25)17(24)10-19(21)26/h3-11,28H,12H2,1-2H3,(H,27,30). The van der Waals surface area contributed by atoms with Crippen LogP contribution in [-0.4, -0.2) is 35.5 Å². The van der Waals surface area contributed by atoms with Crippen molar-refractivity contribution in [3.63, 3.8) is 0 Å². The predicted octanol–water partition coefficient (Wildman–Crippen LogP) is 5.81. The second-order valence-electron chi connectivity index (χ2n) is 7.62. The van der Waals surface area contributed by atoms with Crippen molar-refractivity contribution in [3.05, 3.63) is 80.3 Å². The lowest BCUT2D eigenvalue weighted by Crippen LogP contribution is -2.37. The molecular formula is C22H19Cl4N3O5S2. The first-order valence-corrected chi connectivity index (χ1v) is 14.8. The van der Waals surface area contributed by atoms with Crippen LogP contribution in [0.2, 0.25) is 20.1 Å². The lowest BCUT2D eigenvalue weighted by atomic mass is 10.2. The van der Waals surface area contributed by atoms with E-state index in [9.17, 15) is 21.6 Å². The normalized spacial score (nSPS) is 11.7. The Bertz CT molecular complexity index is 1530. The van der Waals surface area contributed by atoms with Crippen molar-refractivity contribution in [2.75, 3.05) is 27.1 Å². The fourth-order valence-corrected chi connectivity index (χ4v) is 5.89. The molecule has 0 saturated heterocycles. The van der Waals surface area contributed by atoms with Crippen LogP contribution in [0.4, 0.5) is 17.1 Å². The number of carbonyl (C=O) groups is 1. The lowest BCUT2D eigenvalue weighted by Gasteiger charge is -2.23. The van der Waals surface area contributed by atoms with Gasteiger partial charge in [-0.1, -0.05) is 52.5 Å². The van der Waals surface area contributed by atoms with E-state index < -0.39 is 32.5 Å². The van der Waals surface area contributed by atoms with Gasteiger partial charge < -0.3 is 5.32 Å². The smallest absolute Gasteiger partial charge is 0.261 e. The molecule has 0 aliphatic heterocycles. The summed E-state index contributed by atoms with van der Waals surface area (Å²) in [5.74, 6) is -0.703. The summed E-state index contributed by atoms with van der Waals surface area (Å²) in [6, 6.07) is 12.7. The molecule has 0 saturated carbocycles. The Morgan fingerprint density at radius 2 is 1.47 bits per heavy atom. The quantitative estimate of drug-likeness (QED) is 0.312. The zero-order chi connectivity index (χ0) is 26.8. The molecule has 3 rings (SSSR count). The number of hydrogen-bond acceptors (Lipinski definition) is 5. The second kappa shape index (κ2) is 11.0. The second-order valence-corrected chi connectivity index (χ2v) is 12.9.